The van der Waals surface area contributed by atoms with Crippen molar-refractivity contribution in [1.82, 2.24) is 25.4 Å². The van der Waals surface area contributed by atoms with Crippen LogP contribution in [0.15, 0.2) is 28.8 Å². The molecule has 2 heterocycles. The normalized spacial score (nSPS) is 10.9. The molecule has 0 saturated heterocycles. The van der Waals surface area contributed by atoms with Crippen molar-refractivity contribution in [3.63, 3.8) is 0 Å². The lowest BCUT2D eigenvalue weighted by Crippen LogP contribution is -2.27. The van der Waals surface area contributed by atoms with Crippen molar-refractivity contribution < 1.29 is 9.21 Å². The molecule has 0 unspecified atom stereocenters. The summed E-state index contributed by atoms with van der Waals surface area (Å²) in [7, 11) is 4.02. The molecule has 0 aliphatic rings. The highest BCUT2D eigenvalue weighted by atomic mass is 16.4. The first-order chi connectivity index (χ1) is 10.6. The maximum atomic E-state index is 11.7. The standard InChI is InChI=1S/C15H21N5O2/c1-20(2)11-5-10-17-13(21)7-8-14-18-19-15(22-14)12-6-3-4-9-16-12/h3-4,6,9H,5,7-8,10-11H2,1-2H3,(H,17,21). The van der Waals surface area contributed by atoms with Gasteiger partial charge in [0.05, 0.1) is 0 Å². The van der Waals surface area contributed by atoms with Crippen LogP contribution in [-0.2, 0) is 11.2 Å². The van der Waals surface area contributed by atoms with Crippen LogP contribution in [0.3, 0.4) is 0 Å². The number of carbonyl (C=O) groups excluding carboxylic acids is 1. The van der Waals surface area contributed by atoms with Gasteiger partial charge in [-0.1, -0.05) is 6.07 Å². The quantitative estimate of drug-likeness (QED) is 0.736. The Kier molecular flexibility index (Phi) is 6.02. The van der Waals surface area contributed by atoms with E-state index in [9.17, 15) is 4.79 Å². The van der Waals surface area contributed by atoms with Crippen molar-refractivity contribution in [3.8, 4) is 11.6 Å². The van der Waals surface area contributed by atoms with Crippen LogP contribution >= 0.6 is 0 Å². The van der Waals surface area contributed by atoms with Gasteiger partial charge in [-0.3, -0.25) is 9.78 Å². The molecule has 0 aliphatic carbocycles. The average Bonchev–Trinajstić information content (AvgIpc) is 2.99. The molecule has 2 aromatic rings. The molecule has 0 fully saturated rings. The van der Waals surface area contributed by atoms with Gasteiger partial charge in [0.1, 0.15) is 5.69 Å². The van der Waals surface area contributed by atoms with Crippen LogP contribution in [0.2, 0.25) is 0 Å². The van der Waals surface area contributed by atoms with E-state index < -0.39 is 0 Å². The first kappa shape index (κ1) is 16.1. The van der Waals surface area contributed by atoms with Crippen LogP contribution in [0.25, 0.3) is 11.6 Å². The fraction of sp³-hybridized carbons (Fsp3) is 0.467. The van der Waals surface area contributed by atoms with Crippen LogP contribution in [0.4, 0.5) is 0 Å². The number of nitrogens with zero attached hydrogens (tertiary/aromatic N) is 4. The fourth-order valence-electron chi connectivity index (χ4n) is 1.88. The minimum atomic E-state index is -0.00339. The van der Waals surface area contributed by atoms with Gasteiger partial charge in [0.2, 0.25) is 11.8 Å². The Balaban J connectivity index is 1.73. The van der Waals surface area contributed by atoms with E-state index >= 15 is 0 Å². The zero-order valence-corrected chi connectivity index (χ0v) is 13.0. The molecule has 7 nitrogen and oxygen atoms in total. The summed E-state index contributed by atoms with van der Waals surface area (Å²) in [4.78, 5) is 17.9. The number of carbonyl (C=O) groups is 1. The van der Waals surface area contributed by atoms with Crippen LogP contribution < -0.4 is 5.32 Å². The summed E-state index contributed by atoms with van der Waals surface area (Å²) < 4.78 is 5.51. The predicted molar refractivity (Wildman–Crippen MR) is 82.0 cm³/mol. The van der Waals surface area contributed by atoms with Gasteiger partial charge in [0.15, 0.2) is 0 Å². The molecule has 1 amide bonds. The number of nitrogens with one attached hydrogen (secondary N) is 1. The van der Waals surface area contributed by atoms with Crippen molar-refractivity contribution >= 4 is 5.91 Å². The molecule has 0 spiro atoms. The molecule has 0 aromatic carbocycles. The number of hydrogen-bond donors (Lipinski definition) is 1. The van der Waals surface area contributed by atoms with E-state index in [0.29, 0.717) is 36.9 Å². The molecule has 7 heteroatoms. The Morgan fingerprint density at radius 2 is 2.18 bits per heavy atom. The lowest BCUT2D eigenvalue weighted by molar-refractivity contribution is -0.121. The lowest BCUT2D eigenvalue weighted by atomic mass is 10.3. The van der Waals surface area contributed by atoms with Crippen LogP contribution in [0.1, 0.15) is 18.7 Å². The summed E-state index contributed by atoms with van der Waals surface area (Å²) in [5, 5.41) is 10.8. The van der Waals surface area contributed by atoms with E-state index in [2.05, 4.69) is 25.4 Å². The zero-order chi connectivity index (χ0) is 15.8. The fourth-order valence-corrected chi connectivity index (χ4v) is 1.88. The molecule has 118 valence electrons. The van der Waals surface area contributed by atoms with Crippen LogP contribution in [0, 0.1) is 0 Å². The van der Waals surface area contributed by atoms with Crippen molar-refractivity contribution in [2.75, 3.05) is 27.2 Å². The molecule has 1 N–H and O–H groups in total. The van der Waals surface area contributed by atoms with Crippen LogP contribution in [0.5, 0.6) is 0 Å². The molecule has 2 rings (SSSR count). The lowest BCUT2D eigenvalue weighted by Gasteiger charge is -2.09. The second-order valence-corrected chi connectivity index (χ2v) is 5.22. The number of pyridine rings is 1. The minimum absolute atomic E-state index is 0.00339. The van der Waals surface area contributed by atoms with Crippen molar-refractivity contribution in [2.45, 2.75) is 19.3 Å². The van der Waals surface area contributed by atoms with E-state index in [0.717, 1.165) is 13.0 Å². The van der Waals surface area contributed by atoms with Gasteiger partial charge in [-0.25, -0.2) is 0 Å². The Bertz CT molecular complexity index is 583. The maximum Gasteiger partial charge on any atom is 0.266 e. The highest BCUT2D eigenvalue weighted by Crippen LogP contribution is 2.14. The number of aromatic nitrogens is 3. The second-order valence-electron chi connectivity index (χ2n) is 5.22. The van der Waals surface area contributed by atoms with E-state index in [1.807, 2.05) is 26.2 Å². The SMILES string of the molecule is CN(C)CCCNC(=O)CCc1nnc(-c2ccccn2)o1. The van der Waals surface area contributed by atoms with Gasteiger partial charge in [-0.15, -0.1) is 10.2 Å². The molecule has 2 aromatic heterocycles. The molecular weight excluding hydrogens is 282 g/mol. The van der Waals surface area contributed by atoms with Gasteiger partial charge in [0, 0.05) is 25.6 Å². The summed E-state index contributed by atoms with van der Waals surface area (Å²) in [5.41, 5.74) is 0.634. The molecule has 0 radical (unpaired) electrons. The predicted octanol–water partition coefficient (Wildman–Crippen LogP) is 1.13. The van der Waals surface area contributed by atoms with Crippen molar-refractivity contribution in [1.29, 1.82) is 0 Å². The van der Waals surface area contributed by atoms with Gasteiger partial charge >= 0.3 is 0 Å². The topological polar surface area (TPSA) is 84.2 Å². The molecule has 0 bridgehead atoms. The third kappa shape index (κ3) is 5.25. The van der Waals surface area contributed by atoms with Crippen molar-refractivity contribution in [2.24, 2.45) is 0 Å². The summed E-state index contributed by atoms with van der Waals surface area (Å²) in [5.74, 6) is 0.822. The largest absolute Gasteiger partial charge is 0.419 e. The molecule has 0 atom stereocenters. The minimum Gasteiger partial charge on any atom is -0.419 e. The van der Waals surface area contributed by atoms with Gasteiger partial charge < -0.3 is 14.6 Å². The molecule has 0 saturated carbocycles. The monoisotopic (exact) mass is 303 g/mol. The number of aryl methyl sites for hydroxylation is 1. The zero-order valence-electron chi connectivity index (χ0n) is 13.0. The molecule has 22 heavy (non-hydrogen) atoms. The summed E-state index contributed by atoms with van der Waals surface area (Å²) in [6.07, 6.45) is 3.37. The first-order valence-corrected chi connectivity index (χ1v) is 7.30. The molecular formula is C15H21N5O2. The maximum absolute atomic E-state index is 11.7. The first-order valence-electron chi connectivity index (χ1n) is 7.30. The van der Waals surface area contributed by atoms with E-state index in [4.69, 9.17) is 4.42 Å². The summed E-state index contributed by atoms with van der Waals surface area (Å²) >= 11 is 0. The third-order valence-electron chi connectivity index (χ3n) is 3.02. The summed E-state index contributed by atoms with van der Waals surface area (Å²) in [6.45, 7) is 1.64. The Morgan fingerprint density at radius 3 is 2.91 bits per heavy atom. The second kappa shape index (κ2) is 8.23. The van der Waals surface area contributed by atoms with E-state index in [1.165, 1.54) is 0 Å². The van der Waals surface area contributed by atoms with Crippen LogP contribution in [-0.4, -0.2) is 53.2 Å². The van der Waals surface area contributed by atoms with Gasteiger partial charge in [-0.2, -0.15) is 0 Å². The van der Waals surface area contributed by atoms with E-state index in [-0.39, 0.29) is 5.91 Å². The number of hydrogen-bond acceptors (Lipinski definition) is 6. The number of amides is 1. The van der Waals surface area contributed by atoms with Gasteiger partial charge in [-0.05, 0) is 39.2 Å². The van der Waals surface area contributed by atoms with E-state index in [1.54, 1.807) is 12.3 Å². The average molecular weight is 303 g/mol. The Hall–Kier alpha value is -2.28. The smallest absolute Gasteiger partial charge is 0.266 e. The summed E-state index contributed by atoms with van der Waals surface area (Å²) in [6, 6.07) is 5.48. The van der Waals surface area contributed by atoms with Crippen molar-refractivity contribution in [3.05, 3.63) is 30.3 Å². The number of rotatable bonds is 8. The highest BCUT2D eigenvalue weighted by molar-refractivity contribution is 5.75. The Morgan fingerprint density at radius 1 is 1.32 bits per heavy atom. The highest BCUT2D eigenvalue weighted by Gasteiger charge is 2.10. The third-order valence-corrected chi connectivity index (χ3v) is 3.02. The Labute approximate surface area is 129 Å². The van der Waals surface area contributed by atoms with Gasteiger partial charge in [0.25, 0.3) is 5.89 Å². The molecule has 0 aliphatic heterocycles.